The average Bonchev–Trinajstić information content (AvgIpc) is 2.56. The maximum absolute atomic E-state index is 13.7. The second kappa shape index (κ2) is 3.67. The molecule has 0 saturated heterocycles. The summed E-state index contributed by atoms with van der Waals surface area (Å²) < 4.78 is 27.8. The third-order valence-corrected chi connectivity index (χ3v) is 2.45. The maximum Gasteiger partial charge on any atom is 0.347 e. The lowest BCUT2D eigenvalue weighted by atomic mass is 10.2. The van der Waals surface area contributed by atoms with Crippen LogP contribution in [0.3, 0.4) is 0 Å². The first kappa shape index (κ1) is 10.7. The molecule has 0 fully saturated rings. The van der Waals surface area contributed by atoms with Gasteiger partial charge in [-0.2, -0.15) is 0 Å². The highest BCUT2D eigenvalue weighted by molar-refractivity contribution is 7.71. The molecule has 0 atom stereocenters. The monoisotopic (exact) mass is 243 g/mol. The number of hydrogen-bond acceptors (Lipinski definition) is 2. The molecule has 2 N–H and O–H groups in total. The molecule has 16 heavy (non-hydrogen) atoms. The van der Waals surface area contributed by atoms with Crippen LogP contribution in [0.15, 0.2) is 16.9 Å². The predicted molar refractivity (Wildman–Crippen MR) is 56.2 cm³/mol. The minimum absolute atomic E-state index is 0.0894. The molecule has 84 valence electrons. The van der Waals surface area contributed by atoms with E-state index >= 15 is 0 Å². The van der Waals surface area contributed by atoms with Gasteiger partial charge >= 0.3 is 5.69 Å². The fraction of sp³-hybridized carbons (Fsp3) is 0.111. The van der Waals surface area contributed by atoms with E-state index in [0.717, 1.165) is 10.6 Å². The first-order valence-corrected chi connectivity index (χ1v) is 4.78. The largest absolute Gasteiger partial charge is 0.347 e. The summed E-state index contributed by atoms with van der Waals surface area (Å²) in [7, 11) is 0. The van der Waals surface area contributed by atoms with Gasteiger partial charge in [-0.15, -0.1) is 0 Å². The van der Waals surface area contributed by atoms with Crippen LogP contribution in [-0.4, -0.2) is 14.8 Å². The molecule has 2 aromatic rings. The molecule has 0 amide bonds. The highest BCUT2D eigenvalue weighted by atomic mass is 32.1. The van der Waals surface area contributed by atoms with Crippen molar-refractivity contribution in [2.75, 3.05) is 0 Å². The molecule has 0 spiro atoms. The molecule has 0 aliphatic heterocycles. The Labute approximate surface area is 93.5 Å². The van der Waals surface area contributed by atoms with Crippen LogP contribution < -0.4 is 5.69 Å². The van der Waals surface area contributed by atoms with Gasteiger partial charge in [0.15, 0.2) is 5.82 Å². The summed E-state index contributed by atoms with van der Waals surface area (Å²) >= 11 is 4.76. The fourth-order valence-corrected chi connectivity index (χ4v) is 1.59. The van der Waals surface area contributed by atoms with Crippen molar-refractivity contribution in [3.05, 3.63) is 44.6 Å². The summed E-state index contributed by atoms with van der Waals surface area (Å²) in [6.07, 6.45) is 0. The Morgan fingerprint density at radius 2 is 2.00 bits per heavy atom. The summed E-state index contributed by atoms with van der Waals surface area (Å²) in [6.45, 7) is 1.47. The van der Waals surface area contributed by atoms with E-state index in [9.17, 15) is 13.6 Å². The number of nitrogens with zero attached hydrogens (tertiary/aromatic N) is 1. The van der Waals surface area contributed by atoms with Gasteiger partial charge in [0, 0.05) is 0 Å². The molecule has 0 radical (unpaired) electrons. The second-order valence-electron chi connectivity index (χ2n) is 3.22. The molecule has 4 nitrogen and oxygen atoms in total. The Balaban J connectivity index is 2.89. The van der Waals surface area contributed by atoms with Crippen molar-refractivity contribution >= 4 is 12.2 Å². The van der Waals surface area contributed by atoms with Crippen LogP contribution in [0.2, 0.25) is 0 Å². The van der Waals surface area contributed by atoms with E-state index in [0.29, 0.717) is 0 Å². The molecule has 0 aliphatic carbocycles. The highest BCUT2D eigenvalue weighted by Gasteiger charge is 2.16. The minimum atomic E-state index is -0.843. The number of hydrogen-bond donors (Lipinski definition) is 2. The number of aryl methyl sites for hydroxylation is 1. The Hall–Kier alpha value is -1.76. The Bertz CT molecular complexity index is 628. The van der Waals surface area contributed by atoms with Gasteiger partial charge in [0.25, 0.3) is 0 Å². The van der Waals surface area contributed by atoms with Crippen LogP contribution >= 0.6 is 12.2 Å². The van der Waals surface area contributed by atoms with Crippen LogP contribution in [0.5, 0.6) is 0 Å². The zero-order valence-corrected chi connectivity index (χ0v) is 8.99. The molecular weight excluding hydrogens is 236 g/mol. The summed E-state index contributed by atoms with van der Waals surface area (Å²) in [5.41, 5.74) is -0.945. The number of rotatable bonds is 1. The molecule has 7 heteroatoms. The number of benzene rings is 1. The Kier molecular flexibility index (Phi) is 2.47. The van der Waals surface area contributed by atoms with Crippen molar-refractivity contribution in [2.45, 2.75) is 6.92 Å². The van der Waals surface area contributed by atoms with Gasteiger partial charge in [-0.05, 0) is 30.8 Å². The lowest BCUT2D eigenvalue weighted by Gasteiger charge is -2.06. The van der Waals surface area contributed by atoms with Gasteiger partial charge in [0.1, 0.15) is 11.5 Å². The molecule has 1 aromatic heterocycles. The number of aromatic amines is 2. The van der Waals surface area contributed by atoms with Crippen LogP contribution in [0.4, 0.5) is 8.78 Å². The van der Waals surface area contributed by atoms with E-state index in [-0.39, 0.29) is 10.3 Å². The van der Waals surface area contributed by atoms with E-state index in [1.807, 2.05) is 0 Å². The topological polar surface area (TPSA) is 53.6 Å². The average molecular weight is 243 g/mol. The first-order valence-electron chi connectivity index (χ1n) is 4.37. The molecule has 0 saturated carbocycles. The predicted octanol–water partition coefficient (Wildman–Crippen LogP) is 1.81. The van der Waals surface area contributed by atoms with E-state index in [4.69, 9.17) is 12.2 Å². The van der Waals surface area contributed by atoms with Crippen LogP contribution in [0.1, 0.15) is 5.56 Å². The zero-order valence-electron chi connectivity index (χ0n) is 8.17. The zero-order chi connectivity index (χ0) is 11.9. The number of nitrogens with one attached hydrogen (secondary N) is 2. The summed E-state index contributed by atoms with van der Waals surface area (Å²) in [6, 6.07) is 2.38. The van der Waals surface area contributed by atoms with Crippen molar-refractivity contribution in [3.8, 4) is 5.69 Å². The number of halogens is 2. The molecular formula is C9H7F2N3OS. The third kappa shape index (κ3) is 1.49. The third-order valence-electron chi connectivity index (χ3n) is 2.17. The SMILES string of the molecule is Cc1ccc(F)c(-n2c(=O)[nH][nH]c2=S)c1F. The van der Waals surface area contributed by atoms with E-state index < -0.39 is 23.0 Å². The number of aromatic nitrogens is 3. The summed E-state index contributed by atoms with van der Waals surface area (Å²) in [5.74, 6) is -1.65. The van der Waals surface area contributed by atoms with Gasteiger partial charge < -0.3 is 0 Å². The van der Waals surface area contributed by atoms with Crippen LogP contribution in [-0.2, 0) is 0 Å². The van der Waals surface area contributed by atoms with Gasteiger partial charge in [-0.25, -0.2) is 23.2 Å². The van der Waals surface area contributed by atoms with E-state index in [1.165, 1.54) is 13.0 Å². The van der Waals surface area contributed by atoms with Crippen molar-refractivity contribution in [1.82, 2.24) is 14.8 Å². The summed E-state index contributed by atoms with van der Waals surface area (Å²) in [4.78, 5) is 11.3. The standard InChI is InChI=1S/C9H7F2N3OS/c1-4-2-3-5(10)7(6(4)11)14-8(15)12-13-9(14)16/h2-3H,1H3,(H,12,15)(H,13,16). The fourth-order valence-electron chi connectivity index (χ4n) is 1.36. The van der Waals surface area contributed by atoms with Gasteiger partial charge in [-0.1, -0.05) is 6.07 Å². The molecule has 1 aromatic carbocycles. The highest BCUT2D eigenvalue weighted by Crippen LogP contribution is 2.19. The molecule has 2 rings (SSSR count). The van der Waals surface area contributed by atoms with Crippen molar-refractivity contribution in [3.63, 3.8) is 0 Å². The molecule has 1 heterocycles. The first-order chi connectivity index (χ1) is 7.52. The normalized spacial score (nSPS) is 10.7. The lowest BCUT2D eigenvalue weighted by molar-refractivity contribution is 0.560. The van der Waals surface area contributed by atoms with Crippen LogP contribution in [0, 0.1) is 23.3 Å². The van der Waals surface area contributed by atoms with Crippen LogP contribution in [0.25, 0.3) is 5.69 Å². The summed E-state index contributed by atoms with van der Waals surface area (Å²) in [5, 5.41) is 4.47. The second-order valence-corrected chi connectivity index (χ2v) is 3.61. The van der Waals surface area contributed by atoms with Gasteiger partial charge in [0.05, 0.1) is 0 Å². The van der Waals surface area contributed by atoms with Gasteiger partial charge in [0.2, 0.25) is 4.77 Å². The molecule has 0 unspecified atom stereocenters. The lowest BCUT2D eigenvalue weighted by Crippen LogP contribution is -2.18. The van der Waals surface area contributed by atoms with E-state index in [1.54, 1.807) is 0 Å². The Morgan fingerprint density at radius 3 is 2.56 bits per heavy atom. The quantitative estimate of drug-likeness (QED) is 0.750. The van der Waals surface area contributed by atoms with Crippen molar-refractivity contribution in [1.29, 1.82) is 0 Å². The Morgan fingerprint density at radius 1 is 1.31 bits per heavy atom. The maximum atomic E-state index is 13.7. The molecule has 0 bridgehead atoms. The minimum Gasteiger partial charge on any atom is -0.272 e. The van der Waals surface area contributed by atoms with Crippen molar-refractivity contribution < 1.29 is 8.78 Å². The van der Waals surface area contributed by atoms with Crippen molar-refractivity contribution in [2.24, 2.45) is 0 Å². The van der Waals surface area contributed by atoms with Gasteiger partial charge in [-0.3, -0.25) is 5.10 Å². The van der Waals surface area contributed by atoms with E-state index in [2.05, 4.69) is 10.2 Å². The molecule has 0 aliphatic rings. The smallest absolute Gasteiger partial charge is 0.272 e. The number of H-pyrrole nitrogens is 2.